The second-order valence-corrected chi connectivity index (χ2v) is 4.97. The Balaban J connectivity index is 2.06. The number of hydrogen-bond donors (Lipinski definition) is 1. The molecular formula is C15H16N4. The molecule has 4 heteroatoms. The normalized spacial score (nSPS) is 11.1. The van der Waals surface area contributed by atoms with Crippen molar-refractivity contribution in [2.45, 2.75) is 27.2 Å². The van der Waals surface area contributed by atoms with Gasteiger partial charge in [-0.25, -0.2) is 0 Å². The molecule has 0 aliphatic heterocycles. The lowest BCUT2D eigenvalue weighted by atomic mass is 10.1. The molecule has 19 heavy (non-hydrogen) atoms. The van der Waals surface area contributed by atoms with Crippen LogP contribution in [0.25, 0.3) is 10.9 Å². The summed E-state index contributed by atoms with van der Waals surface area (Å²) in [6.07, 6.45) is 0.758. The minimum absolute atomic E-state index is 0.758. The molecule has 0 atom stereocenters. The fraction of sp³-hybridized carbons (Fsp3) is 0.267. The molecule has 0 aliphatic carbocycles. The van der Waals surface area contributed by atoms with Crippen LogP contribution in [0.1, 0.15) is 28.2 Å². The fourth-order valence-corrected chi connectivity index (χ4v) is 2.33. The predicted octanol–water partition coefficient (Wildman–Crippen LogP) is 2.87. The molecule has 0 radical (unpaired) electrons. The molecule has 3 aromatic rings. The van der Waals surface area contributed by atoms with Gasteiger partial charge in [-0.1, -0.05) is 29.8 Å². The van der Waals surface area contributed by atoms with E-state index in [1.165, 1.54) is 11.1 Å². The molecule has 0 bridgehead atoms. The molecule has 0 saturated carbocycles. The third-order valence-electron chi connectivity index (χ3n) is 3.40. The van der Waals surface area contributed by atoms with Crippen molar-refractivity contribution in [3.63, 3.8) is 0 Å². The van der Waals surface area contributed by atoms with Gasteiger partial charge >= 0.3 is 0 Å². The van der Waals surface area contributed by atoms with Crippen molar-refractivity contribution in [1.29, 1.82) is 0 Å². The van der Waals surface area contributed by atoms with Crippen LogP contribution in [0.15, 0.2) is 24.3 Å². The molecule has 2 heterocycles. The Morgan fingerprint density at radius 3 is 2.47 bits per heavy atom. The Morgan fingerprint density at radius 2 is 1.74 bits per heavy atom. The van der Waals surface area contributed by atoms with Crippen LogP contribution in [-0.4, -0.2) is 20.4 Å². The maximum atomic E-state index is 4.37. The second-order valence-electron chi connectivity index (χ2n) is 4.97. The van der Waals surface area contributed by atoms with Gasteiger partial charge < -0.3 is 0 Å². The van der Waals surface area contributed by atoms with E-state index in [0.717, 1.165) is 34.4 Å². The van der Waals surface area contributed by atoms with Gasteiger partial charge in [-0.3, -0.25) is 5.10 Å². The maximum absolute atomic E-state index is 4.37. The van der Waals surface area contributed by atoms with Crippen LogP contribution >= 0.6 is 0 Å². The van der Waals surface area contributed by atoms with E-state index in [2.05, 4.69) is 51.6 Å². The van der Waals surface area contributed by atoms with E-state index >= 15 is 0 Å². The van der Waals surface area contributed by atoms with Crippen LogP contribution in [0, 0.1) is 20.8 Å². The lowest BCUT2D eigenvalue weighted by molar-refractivity contribution is 0.924. The Bertz CT molecular complexity index is 726. The van der Waals surface area contributed by atoms with Gasteiger partial charge in [-0.2, -0.15) is 15.3 Å². The molecule has 4 nitrogen and oxygen atoms in total. The van der Waals surface area contributed by atoms with Crippen LogP contribution in [0.5, 0.6) is 0 Å². The molecule has 0 aliphatic rings. The summed E-state index contributed by atoms with van der Waals surface area (Å²) in [6.45, 7) is 6.07. The summed E-state index contributed by atoms with van der Waals surface area (Å²) < 4.78 is 0. The Kier molecular flexibility index (Phi) is 2.78. The largest absolute Gasteiger partial charge is 0.281 e. The highest BCUT2D eigenvalue weighted by atomic mass is 15.2. The highest BCUT2D eigenvalue weighted by Gasteiger charge is 2.12. The zero-order chi connectivity index (χ0) is 13.4. The average molecular weight is 252 g/mol. The number of aryl methyl sites for hydroxylation is 3. The Hall–Kier alpha value is -2.23. The van der Waals surface area contributed by atoms with Crippen LogP contribution in [0.4, 0.5) is 0 Å². The van der Waals surface area contributed by atoms with Gasteiger partial charge in [0.1, 0.15) is 5.52 Å². The minimum atomic E-state index is 0.758. The fourth-order valence-electron chi connectivity index (χ4n) is 2.33. The molecule has 3 rings (SSSR count). The number of rotatable bonds is 2. The molecule has 0 saturated heterocycles. The second kappa shape index (κ2) is 4.46. The van der Waals surface area contributed by atoms with Crippen LogP contribution in [0.3, 0.4) is 0 Å². The topological polar surface area (TPSA) is 54.5 Å². The zero-order valence-corrected chi connectivity index (χ0v) is 11.4. The average Bonchev–Trinajstić information content (AvgIpc) is 2.79. The number of benzene rings is 1. The summed E-state index contributed by atoms with van der Waals surface area (Å²) >= 11 is 0. The SMILES string of the molecule is Cc1ccc(Cc2nnc(C)c3c(C)[nH]nc23)cc1. The van der Waals surface area contributed by atoms with Crippen molar-refractivity contribution in [3.05, 3.63) is 52.5 Å². The highest BCUT2D eigenvalue weighted by molar-refractivity contribution is 5.85. The molecule has 1 N–H and O–H groups in total. The number of aromatic amines is 1. The molecule has 0 amide bonds. The first kappa shape index (κ1) is 11.8. The van der Waals surface area contributed by atoms with E-state index in [1.54, 1.807) is 0 Å². The molecule has 0 unspecified atom stereocenters. The number of hydrogen-bond acceptors (Lipinski definition) is 3. The molecular weight excluding hydrogens is 236 g/mol. The van der Waals surface area contributed by atoms with Gasteiger partial charge in [-0.05, 0) is 26.3 Å². The Morgan fingerprint density at radius 1 is 1.00 bits per heavy atom. The minimum Gasteiger partial charge on any atom is -0.281 e. The number of aromatic nitrogens is 4. The predicted molar refractivity (Wildman–Crippen MR) is 75.1 cm³/mol. The molecule has 0 fully saturated rings. The summed E-state index contributed by atoms with van der Waals surface area (Å²) in [4.78, 5) is 0. The van der Waals surface area contributed by atoms with Gasteiger partial charge in [0.15, 0.2) is 0 Å². The summed E-state index contributed by atoms with van der Waals surface area (Å²) in [5.74, 6) is 0. The third-order valence-corrected chi connectivity index (χ3v) is 3.40. The van der Waals surface area contributed by atoms with Crippen molar-refractivity contribution in [2.75, 3.05) is 0 Å². The summed E-state index contributed by atoms with van der Waals surface area (Å²) in [5.41, 5.74) is 6.33. The van der Waals surface area contributed by atoms with Crippen LogP contribution in [0.2, 0.25) is 0 Å². The number of nitrogens with zero attached hydrogens (tertiary/aromatic N) is 3. The zero-order valence-electron chi connectivity index (χ0n) is 11.4. The highest BCUT2D eigenvalue weighted by Crippen LogP contribution is 2.21. The maximum Gasteiger partial charge on any atom is 0.118 e. The van der Waals surface area contributed by atoms with E-state index in [4.69, 9.17) is 0 Å². The summed E-state index contributed by atoms with van der Waals surface area (Å²) in [6, 6.07) is 8.48. The summed E-state index contributed by atoms with van der Waals surface area (Å²) in [5, 5.41) is 17.0. The number of H-pyrrole nitrogens is 1. The quantitative estimate of drug-likeness (QED) is 0.763. The van der Waals surface area contributed by atoms with E-state index in [-0.39, 0.29) is 0 Å². The van der Waals surface area contributed by atoms with Crippen molar-refractivity contribution in [1.82, 2.24) is 20.4 Å². The molecule has 1 aromatic carbocycles. The first-order valence-electron chi connectivity index (χ1n) is 6.37. The van der Waals surface area contributed by atoms with Crippen molar-refractivity contribution >= 4 is 10.9 Å². The molecule has 0 spiro atoms. The van der Waals surface area contributed by atoms with Gasteiger partial charge in [0.25, 0.3) is 0 Å². The van der Waals surface area contributed by atoms with Gasteiger partial charge in [-0.15, -0.1) is 0 Å². The first-order chi connectivity index (χ1) is 9.15. The molecule has 2 aromatic heterocycles. The number of fused-ring (bicyclic) bond motifs is 1. The smallest absolute Gasteiger partial charge is 0.118 e. The van der Waals surface area contributed by atoms with Crippen LogP contribution < -0.4 is 0 Å². The first-order valence-corrected chi connectivity index (χ1v) is 6.37. The van der Waals surface area contributed by atoms with E-state index in [1.807, 2.05) is 13.8 Å². The van der Waals surface area contributed by atoms with Crippen molar-refractivity contribution in [3.8, 4) is 0 Å². The van der Waals surface area contributed by atoms with E-state index in [9.17, 15) is 0 Å². The lowest BCUT2D eigenvalue weighted by Gasteiger charge is -2.03. The van der Waals surface area contributed by atoms with Gasteiger partial charge in [0.2, 0.25) is 0 Å². The van der Waals surface area contributed by atoms with E-state index in [0.29, 0.717) is 0 Å². The lowest BCUT2D eigenvalue weighted by Crippen LogP contribution is -1.98. The van der Waals surface area contributed by atoms with Gasteiger partial charge in [0.05, 0.1) is 11.4 Å². The van der Waals surface area contributed by atoms with Crippen LogP contribution in [-0.2, 0) is 6.42 Å². The standard InChI is InChI=1S/C15H16N4/c1-9-4-6-12(7-5-9)8-13-15-14(10(2)16-18-13)11(3)17-19-15/h4-7H,8H2,1-3H3,(H,17,19). The van der Waals surface area contributed by atoms with Crippen molar-refractivity contribution in [2.24, 2.45) is 0 Å². The number of nitrogens with one attached hydrogen (secondary N) is 1. The van der Waals surface area contributed by atoms with Gasteiger partial charge in [0, 0.05) is 17.5 Å². The molecule has 96 valence electrons. The summed E-state index contributed by atoms with van der Waals surface area (Å²) in [7, 11) is 0. The van der Waals surface area contributed by atoms with Crippen molar-refractivity contribution < 1.29 is 0 Å². The third kappa shape index (κ3) is 2.10. The monoisotopic (exact) mass is 252 g/mol. The Labute approximate surface area is 111 Å². The van der Waals surface area contributed by atoms with E-state index < -0.39 is 0 Å².